The molecule has 0 bridgehead atoms. The average Bonchev–Trinajstić information content (AvgIpc) is 3.19. The lowest BCUT2D eigenvalue weighted by molar-refractivity contribution is -0.163. The van der Waals surface area contributed by atoms with Gasteiger partial charge in [0.25, 0.3) is 0 Å². The Bertz CT molecular complexity index is 1160. The Morgan fingerprint density at radius 1 is 0.462 bits per heavy atom. The van der Waals surface area contributed by atoms with Crippen molar-refractivity contribution in [2.75, 3.05) is 39.6 Å². The molecule has 52 heavy (non-hydrogen) atoms. The highest BCUT2D eigenvalue weighted by Gasteiger charge is 2.32. The van der Waals surface area contributed by atoms with E-state index < -0.39 is 0 Å². The summed E-state index contributed by atoms with van der Waals surface area (Å²) in [7, 11) is 0. The number of ether oxygens (including phenoxy) is 8. The van der Waals surface area contributed by atoms with Gasteiger partial charge in [0, 0.05) is 26.4 Å². The molecule has 2 aromatic rings. The zero-order valence-electron chi connectivity index (χ0n) is 31.0. The number of hydrogen-bond acceptors (Lipinski definition) is 10. The molecule has 1 saturated carbocycles. The Morgan fingerprint density at radius 3 is 1.19 bits per heavy atom. The molecular formula is C42H60O10. The number of benzene rings is 2. The lowest BCUT2D eigenvalue weighted by Crippen LogP contribution is -2.30. The van der Waals surface area contributed by atoms with Gasteiger partial charge in [0.1, 0.15) is 23.0 Å². The standard InChI is InChI=1S/C42H60O10/c43-41(51-37-23-19-35(20-24-37)45-27-7-1-3-9-29-47-39-13-5-11-31-49-39)33-15-17-34(18-16-33)42(44)52-38-25-21-36(22-26-38)46-28-8-2-4-10-30-48-40-14-6-12-32-50-40/h19-26,33-34,39-40H,1-18,27-32H2/t33-,34-,39?,40?. The molecule has 288 valence electrons. The quantitative estimate of drug-likeness (QED) is 0.0664. The predicted molar refractivity (Wildman–Crippen MR) is 197 cm³/mol. The van der Waals surface area contributed by atoms with Crippen LogP contribution < -0.4 is 18.9 Å². The van der Waals surface area contributed by atoms with Gasteiger partial charge in [-0.3, -0.25) is 9.59 Å². The second kappa shape index (κ2) is 23.5. The van der Waals surface area contributed by atoms with Crippen LogP contribution in [0.4, 0.5) is 0 Å². The fourth-order valence-corrected chi connectivity index (χ4v) is 6.78. The summed E-state index contributed by atoms with van der Waals surface area (Å²) in [5, 5.41) is 0. The smallest absolute Gasteiger partial charge is 0.314 e. The van der Waals surface area contributed by atoms with E-state index >= 15 is 0 Å². The molecule has 2 saturated heterocycles. The first kappa shape index (κ1) is 40.0. The van der Waals surface area contributed by atoms with Crippen LogP contribution in [0.5, 0.6) is 23.0 Å². The number of rotatable bonds is 22. The van der Waals surface area contributed by atoms with Gasteiger partial charge in [0.2, 0.25) is 0 Å². The number of carbonyl (C=O) groups excluding carboxylic acids is 2. The third-order valence-corrected chi connectivity index (χ3v) is 9.98. The molecule has 1 aliphatic carbocycles. The zero-order chi connectivity index (χ0) is 36.1. The summed E-state index contributed by atoms with van der Waals surface area (Å²) in [5.74, 6) is 1.53. The van der Waals surface area contributed by atoms with Crippen molar-refractivity contribution in [3.05, 3.63) is 48.5 Å². The molecule has 0 aromatic heterocycles. The van der Waals surface area contributed by atoms with Crippen molar-refractivity contribution < 1.29 is 47.5 Å². The van der Waals surface area contributed by atoms with Crippen LogP contribution in [0.25, 0.3) is 0 Å². The molecular weight excluding hydrogens is 664 g/mol. The van der Waals surface area contributed by atoms with Crippen molar-refractivity contribution in [3.63, 3.8) is 0 Å². The van der Waals surface area contributed by atoms with Gasteiger partial charge in [-0.1, -0.05) is 12.8 Å². The van der Waals surface area contributed by atoms with Crippen LogP contribution in [0.1, 0.15) is 116 Å². The summed E-state index contributed by atoms with van der Waals surface area (Å²) >= 11 is 0. The van der Waals surface area contributed by atoms with Gasteiger partial charge >= 0.3 is 11.9 Å². The Hall–Kier alpha value is -3.18. The molecule has 10 nitrogen and oxygen atoms in total. The first-order chi connectivity index (χ1) is 25.6. The van der Waals surface area contributed by atoms with Crippen LogP contribution in [-0.4, -0.2) is 64.2 Å². The largest absolute Gasteiger partial charge is 0.494 e. The summed E-state index contributed by atoms with van der Waals surface area (Å²) < 4.78 is 45.8. The van der Waals surface area contributed by atoms with E-state index in [4.69, 9.17) is 37.9 Å². The fourth-order valence-electron chi connectivity index (χ4n) is 6.78. The SMILES string of the molecule is O=C(Oc1ccc(OCCCCCCOC2CCCCO2)cc1)[C@H]1CC[C@H](C(=O)Oc2ccc(OCCCCCCOC3CCCCO3)cc2)CC1. The minimum Gasteiger partial charge on any atom is -0.494 e. The molecule has 2 unspecified atom stereocenters. The molecule has 2 aromatic carbocycles. The summed E-state index contributed by atoms with van der Waals surface area (Å²) in [6.07, 6.45) is 17.4. The van der Waals surface area contributed by atoms with Crippen LogP contribution in [0.15, 0.2) is 48.5 Å². The van der Waals surface area contributed by atoms with Crippen molar-refractivity contribution in [1.82, 2.24) is 0 Å². The third kappa shape index (κ3) is 15.0. The maximum Gasteiger partial charge on any atom is 0.314 e. The third-order valence-electron chi connectivity index (χ3n) is 9.98. The van der Waals surface area contributed by atoms with E-state index in [1.54, 1.807) is 24.3 Å². The van der Waals surface area contributed by atoms with Crippen molar-refractivity contribution in [2.24, 2.45) is 11.8 Å². The summed E-state index contributed by atoms with van der Waals surface area (Å²) in [5.41, 5.74) is 0. The highest BCUT2D eigenvalue weighted by molar-refractivity contribution is 5.77. The highest BCUT2D eigenvalue weighted by Crippen LogP contribution is 2.32. The maximum absolute atomic E-state index is 12.9. The number of hydrogen-bond donors (Lipinski definition) is 0. The first-order valence-corrected chi connectivity index (χ1v) is 20.0. The Balaban J connectivity index is 0.869. The second-order valence-corrected chi connectivity index (χ2v) is 14.2. The van der Waals surface area contributed by atoms with Crippen molar-refractivity contribution in [2.45, 2.75) is 128 Å². The van der Waals surface area contributed by atoms with E-state index in [2.05, 4.69) is 0 Å². The summed E-state index contributed by atoms with van der Waals surface area (Å²) in [4.78, 5) is 25.7. The molecule has 2 atom stereocenters. The van der Waals surface area contributed by atoms with Gasteiger partial charge in [-0.15, -0.1) is 0 Å². The molecule has 0 spiro atoms. The molecule has 0 radical (unpaired) electrons. The zero-order valence-corrected chi connectivity index (χ0v) is 31.0. The normalized spacial score (nSPS) is 22.0. The van der Waals surface area contributed by atoms with Crippen molar-refractivity contribution in [1.29, 1.82) is 0 Å². The van der Waals surface area contributed by atoms with E-state index in [0.717, 1.165) is 115 Å². The summed E-state index contributed by atoms with van der Waals surface area (Å²) in [6.45, 7) is 4.42. The molecule has 5 rings (SSSR count). The maximum atomic E-state index is 12.9. The minimum atomic E-state index is -0.256. The van der Waals surface area contributed by atoms with Crippen LogP contribution in [0.3, 0.4) is 0 Å². The molecule has 2 heterocycles. The lowest BCUT2D eigenvalue weighted by Gasteiger charge is -2.25. The molecule has 3 aliphatic rings. The predicted octanol–water partition coefficient (Wildman–Crippen LogP) is 8.97. The van der Waals surface area contributed by atoms with E-state index in [1.165, 1.54) is 12.8 Å². The van der Waals surface area contributed by atoms with Gasteiger partial charge in [0.05, 0.1) is 25.0 Å². The average molecular weight is 725 g/mol. The van der Waals surface area contributed by atoms with Crippen LogP contribution >= 0.6 is 0 Å². The Kier molecular flexibility index (Phi) is 18.1. The van der Waals surface area contributed by atoms with E-state index in [1.807, 2.05) is 24.3 Å². The van der Waals surface area contributed by atoms with E-state index in [0.29, 0.717) is 50.4 Å². The van der Waals surface area contributed by atoms with Gasteiger partial charge in [0.15, 0.2) is 12.6 Å². The number of unbranched alkanes of at least 4 members (excludes halogenated alkanes) is 6. The van der Waals surface area contributed by atoms with E-state index in [9.17, 15) is 9.59 Å². The molecule has 2 aliphatic heterocycles. The van der Waals surface area contributed by atoms with Gasteiger partial charge in [-0.05, 0) is 151 Å². The fraction of sp³-hybridized carbons (Fsp3) is 0.667. The Labute approximate surface area is 310 Å². The highest BCUT2D eigenvalue weighted by atomic mass is 16.7. The van der Waals surface area contributed by atoms with Crippen molar-refractivity contribution in [3.8, 4) is 23.0 Å². The van der Waals surface area contributed by atoms with Crippen LogP contribution in [-0.2, 0) is 28.5 Å². The second-order valence-electron chi connectivity index (χ2n) is 14.2. The molecule has 0 amide bonds. The van der Waals surface area contributed by atoms with Crippen LogP contribution in [0.2, 0.25) is 0 Å². The minimum absolute atomic E-state index is 0.00784. The topological polar surface area (TPSA) is 108 Å². The monoisotopic (exact) mass is 724 g/mol. The first-order valence-electron chi connectivity index (χ1n) is 20.0. The number of esters is 2. The van der Waals surface area contributed by atoms with Gasteiger partial charge < -0.3 is 37.9 Å². The van der Waals surface area contributed by atoms with E-state index in [-0.39, 0.29) is 36.4 Å². The number of carbonyl (C=O) groups is 2. The van der Waals surface area contributed by atoms with Gasteiger partial charge in [-0.2, -0.15) is 0 Å². The molecule has 10 heteroatoms. The lowest BCUT2D eigenvalue weighted by atomic mass is 9.82. The van der Waals surface area contributed by atoms with Crippen LogP contribution in [0, 0.1) is 11.8 Å². The van der Waals surface area contributed by atoms with Crippen molar-refractivity contribution >= 4 is 11.9 Å². The Morgan fingerprint density at radius 2 is 0.827 bits per heavy atom. The summed E-state index contributed by atoms with van der Waals surface area (Å²) in [6, 6.07) is 14.4. The van der Waals surface area contributed by atoms with Gasteiger partial charge in [-0.25, -0.2) is 0 Å². The molecule has 0 N–H and O–H groups in total. The molecule has 3 fully saturated rings.